The molecule has 0 aliphatic carbocycles. The average Bonchev–Trinajstić information content (AvgIpc) is 2.69. The number of rotatable bonds is 1. The van der Waals surface area contributed by atoms with Crippen LogP contribution in [0.2, 0.25) is 0 Å². The molecule has 0 aliphatic rings. The Balaban J connectivity index is 2.41. The van der Waals surface area contributed by atoms with Crippen molar-refractivity contribution in [2.24, 2.45) is 0 Å². The highest BCUT2D eigenvalue weighted by Gasteiger charge is 2.33. The molecule has 0 amide bonds. The Kier molecular flexibility index (Phi) is 2.30. The molecule has 2 aromatic heterocycles. The standard InChI is InChI=1S/C9H7F3N2S/c1-5-2-3-15-8(5)6-4-7(14-13-6)9(10,11)12/h2-4H,1H3,(H,13,14). The fourth-order valence-electron chi connectivity index (χ4n) is 1.22. The topological polar surface area (TPSA) is 28.7 Å². The lowest BCUT2D eigenvalue weighted by atomic mass is 10.2. The van der Waals surface area contributed by atoms with Crippen molar-refractivity contribution in [3.63, 3.8) is 0 Å². The molecule has 0 unspecified atom stereocenters. The first-order valence-electron chi connectivity index (χ1n) is 4.15. The van der Waals surface area contributed by atoms with E-state index in [2.05, 4.69) is 5.10 Å². The number of aryl methyl sites for hydroxylation is 1. The molecule has 2 heterocycles. The molecule has 0 aliphatic heterocycles. The Morgan fingerprint density at radius 3 is 2.60 bits per heavy atom. The van der Waals surface area contributed by atoms with Gasteiger partial charge in [-0.25, -0.2) is 0 Å². The van der Waals surface area contributed by atoms with E-state index in [1.807, 2.05) is 23.5 Å². The number of nitrogens with one attached hydrogen (secondary N) is 1. The van der Waals surface area contributed by atoms with Crippen LogP contribution >= 0.6 is 11.3 Å². The third kappa shape index (κ3) is 1.90. The van der Waals surface area contributed by atoms with Crippen LogP contribution < -0.4 is 0 Å². The summed E-state index contributed by atoms with van der Waals surface area (Å²) < 4.78 is 36.8. The summed E-state index contributed by atoms with van der Waals surface area (Å²) in [6.45, 7) is 1.84. The van der Waals surface area contributed by atoms with Crippen LogP contribution in [0.25, 0.3) is 10.6 Å². The minimum atomic E-state index is -4.36. The van der Waals surface area contributed by atoms with Crippen molar-refractivity contribution < 1.29 is 13.2 Å². The summed E-state index contributed by atoms with van der Waals surface area (Å²) in [4.78, 5) is 0.766. The molecule has 2 aromatic rings. The monoisotopic (exact) mass is 232 g/mol. The molecule has 0 radical (unpaired) electrons. The lowest BCUT2D eigenvalue weighted by Crippen LogP contribution is -2.04. The Labute approximate surface area is 87.8 Å². The number of aromatic nitrogens is 2. The van der Waals surface area contributed by atoms with Gasteiger partial charge >= 0.3 is 6.18 Å². The molecule has 0 saturated carbocycles. The van der Waals surface area contributed by atoms with E-state index in [-0.39, 0.29) is 0 Å². The third-order valence-corrected chi connectivity index (χ3v) is 3.02. The van der Waals surface area contributed by atoms with Gasteiger partial charge in [-0.2, -0.15) is 18.3 Å². The van der Waals surface area contributed by atoms with E-state index in [0.29, 0.717) is 5.69 Å². The number of aromatic amines is 1. The Hall–Kier alpha value is -1.30. The van der Waals surface area contributed by atoms with E-state index in [4.69, 9.17) is 0 Å². The van der Waals surface area contributed by atoms with Crippen molar-refractivity contribution >= 4 is 11.3 Å². The van der Waals surface area contributed by atoms with E-state index in [9.17, 15) is 13.2 Å². The molecule has 0 bridgehead atoms. The second-order valence-electron chi connectivity index (χ2n) is 3.10. The first-order valence-corrected chi connectivity index (χ1v) is 5.03. The maximum atomic E-state index is 12.3. The molecule has 0 fully saturated rings. The van der Waals surface area contributed by atoms with Crippen LogP contribution in [-0.2, 0) is 6.18 Å². The van der Waals surface area contributed by atoms with Gasteiger partial charge in [0.15, 0.2) is 0 Å². The minimum absolute atomic E-state index is 0.342. The summed E-state index contributed by atoms with van der Waals surface area (Å²) in [5.41, 5.74) is 0.459. The van der Waals surface area contributed by atoms with Crippen LogP contribution in [0.3, 0.4) is 0 Å². The molecule has 6 heteroatoms. The predicted molar refractivity (Wildman–Crippen MR) is 51.6 cm³/mol. The smallest absolute Gasteiger partial charge is 0.273 e. The van der Waals surface area contributed by atoms with Crippen LogP contribution in [-0.4, -0.2) is 10.2 Å². The predicted octanol–water partition coefficient (Wildman–Crippen LogP) is 3.47. The van der Waals surface area contributed by atoms with Gasteiger partial charge in [-0.05, 0) is 30.0 Å². The Morgan fingerprint density at radius 2 is 2.13 bits per heavy atom. The van der Waals surface area contributed by atoms with E-state index in [1.54, 1.807) is 0 Å². The molecule has 0 atom stereocenters. The second kappa shape index (κ2) is 3.37. The summed E-state index contributed by atoms with van der Waals surface area (Å²) in [6, 6.07) is 2.88. The fourth-order valence-corrected chi connectivity index (χ4v) is 2.11. The van der Waals surface area contributed by atoms with Gasteiger partial charge in [0.1, 0.15) is 11.4 Å². The minimum Gasteiger partial charge on any atom is -0.273 e. The van der Waals surface area contributed by atoms with Gasteiger partial charge < -0.3 is 0 Å². The van der Waals surface area contributed by atoms with Crippen LogP contribution in [0.4, 0.5) is 13.2 Å². The SMILES string of the molecule is Cc1ccsc1-c1cc(C(F)(F)F)[nH]n1. The molecule has 15 heavy (non-hydrogen) atoms. The first kappa shape index (κ1) is 10.2. The summed E-state index contributed by atoms with van der Waals surface area (Å²) in [5, 5.41) is 7.47. The normalized spacial score (nSPS) is 12.0. The van der Waals surface area contributed by atoms with Gasteiger partial charge in [0, 0.05) is 0 Å². The number of hydrogen-bond donors (Lipinski definition) is 1. The van der Waals surface area contributed by atoms with Gasteiger partial charge in [-0.15, -0.1) is 11.3 Å². The number of alkyl halides is 3. The zero-order valence-electron chi connectivity index (χ0n) is 7.72. The molecular weight excluding hydrogens is 225 g/mol. The lowest BCUT2D eigenvalue weighted by molar-refractivity contribution is -0.141. The number of thiophene rings is 1. The van der Waals surface area contributed by atoms with Crippen molar-refractivity contribution in [1.82, 2.24) is 10.2 Å². The first-order chi connectivity index (χ1) is 6.98. The number of hydrogen-bond acceptors (Lipinski definition) is 2. The van der Waals surface area contributed by atoms with E-state index >= 15 is 0 Å². The van der Waals surface area contributed by atoms with Crippen LogP contribution in [0, 0.1) is 6.92 Å². The zero-order valence-corrected chi connectivity index (χ0v) is 8.54. The lowest BCUT2D eigenvalue weighted by Gasteiger charge is -1.99. The molecule has 80 valence electrons. The summed E-state index contributed by atoms with van der Waals surface area (Å²) >= 11 is 1.38. The van der Waals surface area contributed by atoms with Gasteiger partial charge in [-0.3, -0.25) is 5.10 Å². The molecular formula is C9H7F3N2S. The zero-order chi connectivity index (χ0) is 11.1. The van der Waals surface area contributed by atoms with E-state index < -0.39 is 11.9 Å². The Morgan fingerprint density at radius 1 is 1.40 bits per heavy atom. The van der Waals surface area contributed by atoms with Crippen LogP contribution in [0.5, 0.6) is 0 Å². The van der Waals surface area contributed by atoms with Crippen molar-refractivity contribution in [2.45, 2.75) is 13.1 Å². The van der Waals surface area contributed by atoms with Gasteiger partial charge in [-0.1, -0.05) is 0 Å². The highest BCUT2D eigenvalue weighted by atomic mass is 32.1. The molecule has 0 spiro atoms. The van der Waals surface area contributed by atoms with Crippen molar-refractivity contribution in [3.8, 4) is 10.6 Å². The molecule has 2 nitrogen and oxygen atoms in total. The van der Waals surface area contributed by atoms with E-state index in [1.165, 1.54) is 11.3 Å². The maximum absolute atomic E-state index is 12.3. The quantitative estimate of drug-likeness (QED) is 0.801. The van der Waals surface area contributed by atoms with Crippen LogP contribution in [0.15, 0.2) is 17.5 Å². The fraction of sp³-hybridized carbons (Fsp3) is 0.222. The average molecular weight is 232 g/mol. The number of nitrogens with zero attached hydrogens (tertiary/aromatic N) is 1. The summed E-state index contributed by atoms with van der Waals surface area (Å²) in [5.74, 6) is 0. The molecule has 1 N–H and O–H groups in total. The highest BCUT2D eigenvalue weighted by molar-refractivity contribution is 7.13. The van der Waals surface area contributed by atoms with Crippen molar-refractivity contribution in [1.29, 1.82) is 0 Å². The van der Waals surface area contributed by atoms with Gasteiger partial charge in [0.05, 0.1) is 4.88 Å². The van der Waals surface area contributed by atoms with Crippen LogP contribution in [0.1, 0.15) is 11.3 Å². The summed E-state index contributed by atoms with van der Waals surface area (Å²) in [7, 11) is 0. The number of halogens is 3. The second-order valence-corrected chi connectivity index (χ2v) is 4.01. The molecule has 2 rings (SSSR count). The van der Waals surface area contributed by atoms with Crippen molar-refractivity contribution in [2.75, 3.05) is 0 Å². The van der Waals surface area contributed by atoms with Crippen molar-refractivity contribution in [3.05, 3.63) is 28.8 Å². The van der Waals surface area contributed by atoms with Gasteiger partial charge in [0.25, 0.3) is 0 Å². The number of H-pyrrole nitrogens is 1. The highest BCUT2D eigenvalue weighted by Crippen LogP contribution is 2.33. The molecule has 0 aromatic carbocycles. The maximum Gasteiger partial charge on any atom is 0.432 e. The van der Waals surface area contributed by atoms with E-state index in [0.717, 1.165) is 16.5 Å². The van der Waals surface area contributed by atoms with Gasteiger partial charge in [0.2, 0.25) is 0 Å². The largest absolute Gasteiger partial charge is 0.432 e. The Bertz CT molecular complexity index is 470. The summed E-state index contributed by atoms with van der Waals surface area (Å²) in [6.07, 6.45) is -4.36. The molecule has 0 saturated heterocycles. The third-order valence-electron chi connectivity index (χ3n) is 1.98.